The highest BCUT2D eigenvalue weighted by Gasteiger charge is 2.16. The molecule has 0 radical (unpaired) electrons. The van der Waals surface area contributed by atoms with Crippen LogP contribution in [0.1, 0.15) is 49.0 Å². The highest BCUT2D eigenvalue weighted by molar-refractivity contribution is 7.89. The zero-order valence-corrected chi connectivity index (χ0v) is 16.0. The van der Waals surface area contributed by atoms with E-state index in [1.54, 1.807) is 36.4 Å². The predicted octanol–water partition coefficient (Wildman–Crippen LogP) is 3.22. The lowest BCUT2D eigenvalue weighted by atomic mass is 9.99. The van der Waals surface area contributed by atoms with Crippen LogP contribution in [0, 0.1) is 0 Å². The summed E-state index contributed by atoms with van der Waals surface area (Å²) >= 11 is 0. The van der Waals surface area contributed by atoms with Gasteiger partial charge >= 0.3 is 0 Å². The van der Waals surface area contributed by atoms with Crippen LogP contribution in [0.4, 0.5) is 0 Å². The van der Waals surface area contributed by atoms with Gasteiger partial charge < -0.3 is 4.74 Å². The molecule has 6 nitrogen and oxygen atoms in total. The van der Waals surface area contributed by atoms with Crippen molar-refractivity contribution in [1.29, 1.82) is 0 Å². The van der Waals surface area contributed by atoms with E-state index in [9.17, 15) is 13.2 Å². The monoisotopic (exact) mass is 376 g/mol. The largest absolute Gasteiger partial charge is 0.494 e. The summed E-state index contributed by atoms with van der Waals surface area (Å²) in [6.07, 6.45) is 0.975. The molecule has 0 heterocycles. The van der Waals surface area contributed by atoms with E-state index >= 15 is 0 Å². The number of sulfonamides is 1. The molecule has 0 fully saturated rings. The molecule has 7 heteroatoms. The van der Waals surface area contributed by atoms with Gasteiger partial charge in [0.05, 0.1) is 11.5 Å². The van der Waals surface area contributed by atoms with Crippen LogP contribution in [-0.2, 0) is 10.0 Å². The zero-order chi connectivity index (χ0) is 19.2. The summed E-state index contributed by atoms with van der Waals surface area (Å²) < 4.78 is 29.9. The van der Waals surface area contributed by atoms with Gasteiger partial charge in [0.1, 0.15) is 5.75 Å². The summed E-state index contributed by atoms with van der Waals surface area (Å²) in [7, 11) is -3.84. The minimum absolute atomic E-state index is 0.0940. The third-order valence-electron chi connectivity index (χ3n) is 4.10. The lowest BCUT2D eigenvalue weighted by Crippen LogP contribution is -2.41. The number of rotatable bonds is 8. The first-order valence-corrected chi connectivity index (χ1v) is 10.0. The van der Waals surface area contributed by atoms with Crippen LogP contribution >= 0.6 is 0 Å². The SMILES string of the molecule is CCOc1ccc(C(=O)NNS(=O)(=O)c2ccc([C@H](C)CC)cc2)cc1. The van der Waals surface area contributed by atoms with Crippen LogP contribution in [0.2, 0.25) is 0 Å². The molecular formula is C19H24N2O4S. The number of hydrogen-bond donors (Lipinski definition) is 2. The third-order valence-corrected chi connectivity index (χ3v) is 5.36. The highest BCUT2D eigenvalue weighted by atomic mass is 32.2. The van der Waals surface area contributed by atoms with Gasteiger partial charge in [-0.1, -0.05) is 26.0 Å². The Kier molecular flexibility index (Phi) is 6.76. The smallest absolute Gasteiger partial charge is 0.266 e. The summed E-state index contributed by atoms with van der Waals surface area (Å²) in [5.74, 6) is 0.456. The maximum Gasteiger partial charge on any atom is 0.266 e. The van der Waals surface area contributed by atoms with Crippen molar-refractivity contribution in [2.45, 2.75) is 38.0 Å². The van der Waals surface area contributed by atoms with Gasteiger partial charge in [-0.2, -0.15) is 0 Å². The fourth-order valence-electron chi connectivity index (χ4n) is 2.33. The van der Waals surface area contributed by atoms with Gasteiger partial charge in [-0.05, 0) is 61.2 Å². The van der Waals surface area contributed by atoms with E-state index in [-0.39, 0.29) is 4.90 Å². The molecule has 0 aliphatic heterocycles. The summed E-state index contributed by atoms with van der Waals surface area (Å²) in [6.45, 7) is 6.55. The molecule has 2 N–H and O–H groups in total. The van der Waals surface area contributed by atoms with Gasteiger partial charge in [-0.3, -0.25) is 10.2 Å². The average Bonchev–Trinajstić information content (AvgIpc) is 2.66. The second-order valence-corrected chi connectivity index (χ2v) is 7.58. The Labute approximate surface area is 154 Å². The molecular weight excluding hydrogens is 352 g/mol. The molecule has 2 aromatic carbocycles. The first-order chi connectivity index (χ1) is 12.4. The van der Waals surface area contributed by atoms with Crippen LogP contribution in [0.5, 0.6) is 5.75 Å². The molecule has 1 amide bonds. The molecule has 0 bridgehead atoms. The van der Waals surface area contributed by atoms with Gasteiger partial charge in [0.2, 0.25) is 0 Å². The van der Waals surface area contributed by atoms with E-state index in [1.165, 1.54) is 12.1 Å². The Morgan fingerprint density at radius 1 is 1.04 bits per heavy atom. The molecule has 0 aliphatic carbocycles. The number of benzene rings is 2. The van der Waals surface area contributed by atoms with Gasteiger partial charge in [0, 0.05) is 5.56 Å². The quantitative estimate of drug-likeness (QED) is 0.693. The van der Waals surface area contributed by atoms with E-state index < -0.39 is 15.9 Å². The van der Waals surface area contributed by atoms with Crippen molar-refractivity contribution in [3.8, 4) is 5.75 Å². The Balaban J connectivity index is 2.01. The lowest BCUT2D eigenvalue weighted by Gasteiger charge is -2.11. The number of hydrogen-bond acceptors (Lipinski definition) is 4. The molecule has 140 valence electrons. The summed E-state index contributed by atoms with van der Waals surface area (Å²) in [5, 5.41) is 0. The summed E-state index contributed by atoms with van der Waals surface area (Å²) in [6, 6.07) is 13.1. The molecule has 1 atom stereocenters. The van der Waals surface area contributed by atoms with Crippen molar-refractivity contribution in [2.75, 3.05) is 6.61 Å². The number of hydrazine groups is 1. The maximum absolute atomic E-state index is 12.3. The molecule has 2 aromatic rings. The van der Waals surface area contributed by atoms with E-state index in [2.05, 4.69) is 24.1 Å². The van der Waals surface area contributed by atoms with E-state index in [0.717, 1.165) is 12.0 Å². The standard InChI is InChI=1S/C19H24N2O4S/c1-4-14(3)15-8-12-18(13-9-15)26(23,24)21-20-19(22)16-6-10-17(11-7-16)25-5-2/h6-14,21H,4-5H2,1-3H3,(H,20,22)/t14-/m1/s1. The summed E-state index contributed by atoms with van der Waals surface area (Å²) in [4.78, 5) is 14.3. The second kappa shape index (κ2) is 8.82. The molecule has 26 heavy (non-hydrogen) atoms. The Bertz CT molecular complexity index is 831. The normalized spacial score (nSPS) is 12.4. The fraction of sp³-hybridized carbons (Fsp3) is 0.316. The van der Waals surface area contributed by atoms with Gasteiger partial charge in [-0.25, -0.2) is 8.42 Å². The van der Waals surface area contributed by atoms with Crippen molar-refractivity contribution in [3.05, 3.63) is 59.7 Å². The van der Waals surface area contributed by atoms with Crippen molar-refractivity contribution >= 4 is 15.9 Å². The van der Waals surface area contributed by atoms with Crippen LogP contribution in [0.15, 0.2) is 53.4 Å². The van der Waals surface area contributed by atoms with Crippen LogP contribution in [-0.4, -0.2) is 20.9 Å². The highest BCUT2D eigenvalue weighted by Crippen LogP contribution is 2.20. The fourth-order valence-corrected chi connectivity index (χ4v) is 3.16. The first kappa shape index (κ1) is 19.9. The summed E-state index contributed by atoms with van der Waals surface area (Å²) in [5.41, 5.74) is 3.62. The van der Waals surface area contributed by atoms with Gasteiger partial charge in [0.15, 0.2) is 0 Å². The third kappa shape index (κ3) is 5.06. The molecule has 0 unspecified atom stereocenters. The van der Waals surface area contributed by atoms with Crippen molar-refractivity contribution in [3.63, 3.8) is 0 Å². The molecule has 0 aromatic heterocycles. The minimum Gasteiger partial charge on any atom is -0.494 e. The van der Waals surface area contributed by atoms with Crippen LogP contribution in [0.25, 0.3) is 0 Å². The number of carbonyl (C=O) groups excluding carboxylic acids is 1. The zero-order valence-electron chi connectivity index (χ0n) is 15.2. The predicted molar refractivity (Wildman–Crippen MR) is 101 cm³/mol. The molecule has 0 saturated heterocycles. The van der Waals surface area contributed by atoms with Crippen molar-refractivity contribution in [2.24, 2.45) is 0 Å². The van der Waals surface area contributed by atoms with Crippen LogP contribution < -0.4 is 15.0 Å². The van der Waals surface area contributed by atoms with Crippen molar-refractivity contribution < 1.29 is 17.9 Å². The molecule has 0 aliphatic rings. The molecule has 0 saturated carbocycles. The number of ether oxygens (including phenoxy) is 1. The Morgan fingerprint density at radius 2 is 1.65 bits per heavy atom. The molecule has 0 spiro atoms. The first-order valence-electron chi connectivity index (χ1n) is 8.52. The second-order valence-electron chi connectivity index (χ2n) is 5.90. The number of nitrogens with one attached hydrogen (secondary N) is 2. The number of amides is 1. The van der Waals surface area contributed by atoms with E-state index in [0.29, 0.717) is 23.8 Å². The van der Waals surface area contributed by atoms with Gasteiger partial charge in [-0.15, -0.1) is 4.83 Å². The van der Waals surface area contributed by atoms with Gasteiger partial charge in [0.25, 0.3) is 15.9 Å². The maximum atomic E-state index is 12.3. The molecule has 2 rings (SSSR count). The number of carbonyl (C=O) groups is 1. The topological polar surface area (TPSA) is 84.5 Å². The Hall–Kier alpha value is -2.38. The lowest BCUT2D eigenvalue weighted by molar-refractivity contribution is 0.0945. The minimum atomic E-state index is -3.84. The average molecular weight is 376 g/mol. The van der Waals surface area contributed by atoms with E-state index in [4.69, 9.17) is 4.74 Å². The van der Waals surface area contributed by atoms with Crippen LogP contribution in [0.3, 0.4) is 0 Å². The van der Waals surface area contributed by atoms with Crippen molar-refractivity contribution in [1.82, 2.24) is 10.3 Å². The van der Waals surface area contributed by atoms with E-state index in [1.807, 2.05) is 6.92 Å². The Morgan fingerprint density at radius 3 is 2.19 bits per heavy atom.